The molecule has 0 amide bonds. The molecule has 92 valence electrons. The molecule has 1 heterocycles. The van der Waals surface area contributed by atoms with Crippen molar-refractivity contribution in [1.82, 2.24) is 0 Å². The van der Waals surface area contributed by atoms with Gasteiger partial charge in [0.25, 0.3) is 0 Å². The van der Waals surface area contributed by atoms with Crippen molar-refractivity contribution < 1.29 is 14.6 Å². The number of ether oxygens (including phenoxy) is 1. The van der Waals surface area contributed by atoms with Gasteiger partial charge >= 0.3 is 0 Å². The SMILES string of the molecule is CC[C@@H]1Oc2ccccc2C(=O)[C@H]1[C@@H](O)CC. The van der Waals surface area contributed by atoms with Gasteiger partial charge in [-0.3, -0.25) is 4.79 Å². The maximum Gasteiger partial charge on any atom is 0.175 e. The average molecular weight is 234 g/mol. The van der Waals surface area contributed by atoms with E-state index in [1.54, 1.807) is 6.07 Å². The van der Waals surface area contributed by atoms with E-state index in [1.807, 2.05) is 32.0 Å². The zero-order valence-corrected chi connectivity index (χ0v) is 10.2. The third kappa shape index (κ3) is 2.07. The lowest BCUT2D eigenvalue weighted by atomic mass is 9.83. The molecule has 0 aliphatic carbocycles. The number of aliphatic hydroxyl groups is 1. The summed E-state index contributed by atoms with van der Waals surface area (Å²) < 4.78 is 5.81. The number of benzene rings is 1. The number of carbonyl (C=O) groups excluding carboxylic acids is 1. The number of rotatable bonds is 3. The summed E-state index contributed by atoms with van der Waals surface area (Å²) in [6.45, 7) is 3.85. The van der Waals surface area contributed by atoms with Gasteiger partial charge < -0.3 is 9.84 Å². The molecule has 1 aromatic rings. The van der Waals surface area contributed by atoms with Crippen molar-refractivity contribution in [3.63, 3.8) is 0 Å². The van der Waals surface area contributed by atoms with Crippen molar-refractivity contribution in [3.8, 4) is 5.75 Å². The third-order valence-corrected chi connectivity index (χ3v) is 3.37. The average Bonchev–Trinajstić information content (AvgIpc) is 2.37. The second kappa shape index (κ2) is 4.88. The van der Waals surface area contributed by atoms with Crippen LogP contribution in [0.5, 0.6) is 5.75 Å². The van der Waals surface area contributed by atoms with Crippen LogP contribution in [0.4, 0.5) is 0 Å². The van der Waals surface area contributed by atoms with Gasteiger partial charge in [-0.05, 0) is 25.0 Å². The normalized spacial score (nSPS) is 25.0. The van der Waals surface area contributed by atoms with Crippen LogP contribution in [0.2, 0.25) is 0 Å². The van der Waals surface area contributed by atoms with Gasteiger partial charge in [-0.25, -0.2) is 0 Å². The maximum atomic E-state index is 12.3. The number of aliphatic hydroxyl groups excluding tert-OH is 1. The molecular weight excluding hydrogens is 216 g/mol. The third-order valence-electron chi connectivity index (χ3n) is 3.37. The first-order chi connectivity index (χ1) is 8.19. The Bertz CT molecular complexity index is 414. The van der Waals surface area contributed by atoms with Gasteiger partial charge in [-0.1, -0.05) is 26.0 Å². The van der Waals surface area contributed by atoms with Gasteiger partial charge in [-0.2, -0.15) is 0 Å². The van der Waals surface area contributed by atoms with Crippen molar-refractivity contribution in [2.75, 3.05) is 0 Å². The van der Waals surface area contributed by atoms with Crippen LogP contribution in [0.25, 0.3) is 0 Å². The summed E-state index contributed by atoms with van der Waals surface area (Å²) in [5.74, 6) is 0.219. The van der Waals surface area contributed by atoms with E-state index in [-0.39, 0.29) is 11.9 Å². The Morgan fingerprint density at radius 2 is 2.06 bits per heavy atom. The van der Waals surface area contributed by atoms with Crippen LogP contribution in [0.15, 0.2) is 24.3 Å². The Kier molecular flexibility index (Phi) is 3.48. The van der Waals surface area contributed by atoms with Crippen molar-refractivity contribution >= 4 is 5.78 Å². The molecule has 17 heavy (non-hydrogen) atoms. The fourth-order valence-corrected chi connectivity index (χ4v) is 2.37. The fraction of sp³-hybridized carbons (Fsp3) is 0.500. The fourth-order valence-electron chi connectivity index (χ4n) is 2.37. The summed E-state index contributed by atoms with van der Waals surface area (Å²) in [7, 11) is 0. The van der Waals surface area contributed by atoms with E-state index in [1.165, 1.54) is 0 Å². The number of hydrogen-bond donors (Lipinski definition) is 1. The summed E-state index contributed by atoms with van der Waals surface area (Å²) in [4.78, 5) is 12.3. The van der Waals surface area contributed by atoms with E-state index >= 15 is 0 Å². The van der Waals surface area contributed by atoms with E-state index in [4.69, 9.17) is 4.74 Å². The number of ketones is 1. The summed E-state index contributed by atoms with van der Waals surface area (Å²) >= 11 is 0. The molecule has 1 aromatic carbocycles. The molecule has 0 fully saturated rings. The molecule has 1 aliphatic rings. The topological polar surface area (TPSA) is 46.5 Å². The smallest absolute Gasteiger partial charge is 0.175 e. The van der Waals surface area contributed by atoms with Gasteiger partial charge in [0.15, 0.2) is 5.78 Å². The Morgan fingerprint density at radius 3 is 2.71 bits per heavy atom. The van der Waals surface area contributed by atoms with E-state index in [2.05, 4.69) is 0 Å². The van der Waals surface area contributed by atoms with Crippen LogP contribution in [0, 0.1) is 5.92 Å². The summed E-state index contributed by atoms with van der Waals surface area (Å²) in [5.41, 5.74) is 0.592. The first-order valence-electron chi connectivity index (χ1n) is 6.17. The van der Waals surface area contributed by atoms with Crippen LogP contribution in [-0.4, -0.2) is 23.1 Å². The molecule has 0 aromatic heterocycles. The molecule has 0 spiro atoms. The zero-order chi connectivity index (χ0) is 12.4. The molecule has 0 saturated heterocycles. The predicted octanol–water partition coefficient (Wildman–Crippen LogP) is 2.43. The van der Waals surface area contributed by atoms with Gasteiger partial charge in [0.05, 0.1) is 17.6 Å². The molecule has 1 aliphatic heterocycles. The van der Waals surface area contributed by atoms with Gasteiger partial charge in [-0.15, -0.1) is 0 Å². The highest BCUT2D eigenvalue weighted by Crippen LogP contribution is 2.34. The highest BCUT2D eigenvalue weighted by molar-refractivity contribution is 6.01. The minimum Gasteiger partial charge on any atom is -0.489 e. The van der Waals surface area contributed by atoms with E-state index < -0.39 is 12.0 Å². The number of para-hydroxylation sites is 1. The number of hydrogen-bond acceptors (Lipinski definition) is 3. The minimum atomic E-state index is -0.624. The molecule has 1 N–H and O–H groups in total. The molecule has 0 unspecified atom stereocenters. The molecule has 0 saturated carbocycles. The Hall–Kier alpha value is -1.35. The molecule has 3 heteroatoms. The van der Waals surface area contributed by atoms with Crippen LogP contribution in [-0.2, 0) is 0 Å². The first-order valence-corrected chi connectivity index (χ1v) is 6.17. The van der Waals surface area contributed by atoms with Crippen molar-refractivity contribution in [2.24, 2.45) is 5.92 Å². The lowest BCUT2D eigenvalue weighted by molar-refractivity contribution is 0.0149. The molecule has 2 rings (SSSR count). The summed E-state index contributed by atoms with van der Waals surface area (Å²) in [6.07, 6.45) is 0.452. The van der Waals surface area contributed by atoms with Crippen molar-refractivity contribution in [2.45, 2.75) is 38.9 Å². The summed E-state index contributed by atoms with van der Waals surface area (Å²) in [5, 5.41) is 9.98. The summed E-state index contributed by atoms with van der Waals surface area (Å²) in [6, 6.07) is 7.25. The highest BCUT2D eigenvalue weighted by Gasteiger charge is 2.39. The van der Waals surface area contributed by atoms with Crippen molar-refractivity contribution in [1.29, 1.82) is 0 Å². The molecular formula is C14H18O3. The Labute approximate surface area is 101 Å². The Morgan fingerprint density at radius 1 is 1.35 bits per heavy atom. The van der Waals surface area contributed by atoms with Gasteiger partial charge in [0.1, 0.15) is 11.9 Å². The van der Waals surface area contributed by atoms with Crippen LogP contribution >= 0.6 is 0 Å². The second-order valence-corrected chi connectivity index (χ2v) is 4.43. The van der Waals surface area contributed by atoms with Gasteiger partial charge in [0.2, 0.25) is 0 Å². The van der Waals surface area contributed by atoms with Gasteiger partial charge in [0, 0.05) is 0 Å². The van der Waals surface area contributed by atoms with E-state index in [0.717, 1.165) is 6.42 Å². The second-order valence-electron chi connectivity index (χ2n) is 4.43. The first kappa shape index (κ1) is 12.1. The molecule has 0 radical (unpaired) electrons. The number of fused-ring (bicyclic) bond motifs is 1. The lowest BCUT2D eigenvalue weighted by Gasteiger charge is -2.34. The standard InChI is InChI=1S/C14H18O3/c1-3-10(15)13-11(4-2)17-12-8-6-5-7-9(12)14(13)16/h5-8,10-11,13,15H,3-4H2,1-2H3/t10-,11-,13-/m0/s1. The number of Topliss-reactive ketones (excluding diaryl/α,β-unsaturated/α-hetero) is 1. The zero-order valence-electron chi connectivity index (χ0n) is 10.2. The van der Waals surface area contributed by atoms with E-state index in [0.29, 0.717) is 17.7 Å². The van der Waals surface area contributed by atoms with Crippen molar-refractivity contribution in [3.05, 3.63) is 29.8 Å². The van der Waals surface area contributed by atoms with E-state index in [9.17, 15) is 9.90 Å². The quantitative estimate of drug-likeness (QED) is 0.873. The minimum absolute atomic E-state index is 0.00745. The van der Waals surface area contributed by atoms with Crippen LogP contribution < -0.4 is 4.74 Å². The monoisotopic (exact) mass is 234 g/mol. The molecule has 3 atom stereocenters. The highest BCUT2D eigenvalue weighted by atomic mass is 16.5. The maximum absolute atomic E-state index is 12.3. The molecule has 3 nitrogen and oxygen atoms in total. The van der Waals surface area contributed by atoms with Crippen LogP contribution in [0.1, 0.15) is 37.0 Å². The number of carbonyl (C=O) groups is 1. The largest absolute Gasteiger partial charge is 0.489 e. The lowest BCUT2D eigenvalue weighted by Crippen LogP contribution is -2.44. The Balaban J connectivity index is 2.39. The molecule has 0 bridgehead atoms. The van der Waals surface area contributed by atoms with Crippen LogP contribution in [0.3, 0.4) is 0 Å². The predicted molar refractivity (Wildman–Crippen MR) is 65.3 cm³/mol.